The Kier molecular flexibility index (Phi) is 5.83. The quantitative estimate of drug-likeness (QED) is 0.814. The van der Waals surface area contributed by atoms with Gasteiger partial charge < -0.3 is 10.6 Å². The Labute approximate surface area is 135 Å². The first-order chi connectivity index (χ1) is 10.8. The minimum atomic E-state index is -4.47. The second kappa shape index (κ2) is 7.46. The number of nitrogens with zero attached hydrogens (tertiary/aromatic N) is 1. The molecular formula is C14H16ClF4N3O. The molecule has 0 aromatic heterocycles. The fourth-order valence-corrected chi connectivity index (χ4v) is 2.64. The van der Waals surface area contributed by atoms with E-state index in [1.54, 1.807) is 0 Å². The lowest BCUT2D eigenvalue weighted by atomic mass is 10.1. The molecule has 2 N–H and O–H groups in total. The lowest BCUT2D eigenvalue weighted by Gasteiger charge is -2.35. The predicted molar refractivity (Wildman–Crippen MR) is 78.0 cm³/mol. The zero-order valence-corrected chi connectivity index (χ0v) is 12.8. The van der Waals surface area contributed by atoms with E-state index in [0.717, 1.165) is 12.1 Å². The molecule has 2 rings (SSSR count). The Hall–Kier alpha value is -1.38. The van der Waals surface area contributed by atoms with Gasteiger partial charge in [-0.15, -0.1) is 0 Å². The van der Waals surface area contributed by atoms with Crippen LogP contribution < -0.4 is 10.6 Å². The first-order valence-electron chi connectivity index (χ1n) is 7.03. The van der Waals surface area contributed by atoms with Crippen LogP contribution in [-0.2, 0) is 0 Å². The van der Waals surface area contributed by atoms with E-state index >= 15 is 0 Å². The van der Waals surface area contributed by atoms with Crippen LogP contribution in [0.2, 0.25) is 5.02 Å². The Balaban J connectivity index is 2.04. The number of nitrogens with one attached hydrogen (secondary N) is 2. The average Bonchev–Trinajstić information content (AvgIpc) is 2.46. The third kappa shape index (κ3) is 5.05. The van der Waals surface area contributed by atoms with Crippen LogP contribution in [0.4, 0.5) is 17.6 Å². The third-order valence-corrected chi connectivity index (χ3v) is 3.77. The molecule has 1 fully saturated rings. The maximum Gasteiger partial charge on any atom is 0.405 e. The van der Waals surface area contributed by atoms with Crippen LogP contribution in [0.3, 0.4) is 0 Å². The summed E-state index contributed by atoms with van der Waals surface area (Å²) in [4.78, 5) is 13.2. The van der Waals surface area contributed by atoms with E-state index in [0.29, 0.717) is 13.1 Å². The summed E-state index contributed by atoms with van der Waals surface area (Å²) in [6.45, 7) is 0.800. The van der Waals surface area contributed by atoms with Gasteiger partial charge in [0.05, 0.1) is 0 Å². The molecule has 1 unspecified atom stereocenters. The minimum Gasteiger partial charge on any atom is -0.350 e. The maximum absolute atomic E-state index is 13.2. The SMILES string of the molecule is O=C(NCC(N1CCNCC1)C(F)(F)F)c1cc(F)cc(Cl)c1. The number of halogens is 5. The zero-order valence-electron chi connectivity index (χ0n) is 12.1. The fourth-order valence-electron chi connectivity index (χ4n) is 2.42. The van der Waals surface area contributed by atoms with Gasteiger partial charge in [0.15, 0.2) is 0 Å². The summed E-state index contributed by atoms with van der Waals surface area (Å²) in [5, 5.41) is 5.19. The first-order valence-corrected chi connectivity index (χ1v) is 7.41. The number of rotatable bonds is 4. The Morgan fingerprint density at radius 1 is 1.30 bits per heavy atom. The highest BCUT2D eigenvalue weighted by Gasteiger charge is 2.43. The highest BCUT2D eigenvalue weighted by atomic mass is 35.5. The van der Waals surface area contributed by atoms with Crippen LogP contribution in [0.15, 0.2) is 18.2 Å². The van der Waals surface area contributed by atoms with Crippen LogP contribution in [0, 0.1) is 5.82 Å². The number of carbonyl (C=O) groups excluding carboxylic acids is 1. The van der Waals surface area contributed by atoms with Crippen molar-refractivity contribution in [3.05, 3.63) is 34.6 Å². The molecule has 0 spiro atoms. The van der Waals surface area contributed by atoms with Crippen LogP contribution >= 0.6 is 11.6 Å². The van der Waals surface area contributed by atoms with Crippen molar-refractivity contribution in [1.29, 1.82) is 0 Å². The van der Waals surface area contributed by atoms with Crippen LogP contribution in [-0.4, -0.2) is 55.7 Å². The summed E-state index contributed by atoms with van der Waals surface area (Å²) in [5.74, 6) is -1.52. The third-order valence-electron chi connectivity index (χ3n) is 3.55. The lowest BCUT2D eigenvalue weighted by molar-refractivity contribution is -0.183. The molecule has 1 aliphatic heterocycles. The van der Waals surface area contributed by atoms with Gasteiger partial charge in [-0.2, -0.15) is 13.2 Å². The molecule has 1 aromatic carbocycles. The van der Waals surface area contributed by atoms with E-state index in [9.17, 15) is 22.4 Å². The van der Waals surface area contributed by atoms with Gasteiger partial charge in [-0.3, -0.25) is 9.69 Å². The van der Waals surface area contributed by atoms with E-state index in [4.69, 9.17) is 11.6 Å². The van der Waals surface area contributed by atoms with Gasteiger partial charge in [0.2, 0.25) is 0 Å². The maximum atomic E-state index is 13.2. The molecule has 1 aromatic rings. The molecule has 9 heteroatoms. The molecule has 0 saturated carbocycles. The smallest absolute Gasteiger partial charge is 0.350 e. The van der Waals surface area contributed by atoms with Crippen LogP contribution in [0.5, 0.6) is 0 Å². The number of alkyl halides is 3. The van der Waals surface area contributed by atoms with Crippen LogP contribution in [0.1, 0.15) is 10.4 Å². The van der Waals surface area contributed by atoms with E-state index in [1.807, 2.05) is 0 Å². The number of hydrogen-bond donors (Lipinski definition) is 2. The summed E-state index contributed by atoms with van der Waals surface area (Å²) in [6.07, 6.45) is -4.47. The second-order valence-corrected chi connectivity index (χ2v) is 5.65. The van der Waals surface area contributed by atoms with Gasteiger partial charge in [-0.05, 0) is 18.2 Å². The first kappa shape index (κ1) is 18.0. The summed E-state index contributed by atoms with van der Waals surface area (Å²) >= 11 is 5.64. The number of benzene rings is 1. The van der Waals surface area contributed by atoms with Gasteiger partial charge in [-0.25, -0.2) is 4.39 Å². The average molecular weight is 354 g/mol. The summed E-state index contributed by atoms with van der Waals surface area (Å²) < 4.78 is 52.8. The van der Waals surface area contributed by atoms with Crippen molar-refractivity contribution < 1.29 is 22.4 Å². The minimum absolute atomic E-state index is 0.00428. The summed E-state index contributed by atoms with van der Waals surface area (Å²) in [6, 6.07) is 1.36. The number of hydrogen-bond acceptors (Lipinski definition) is 3. The molecule has 1 atom stereocenters. The van der Waals surface area contributed by atoms with Gasteiger partial charge in [-0.1, -0.05) is 11.6 Å². The van der Waals surface area contributed by atoms with Crippen LogP contribution in [0.25, 0.3) is 0 Å². The van der Waals surface area contributed by atoms with Crippen molar-refractivity contribution in [1.82, 2.24) is 15.5 Å². The number of carbonyl (C=O) groups is 1. The number of amides is 1. The van der Waals surface area contributed by atoms with Gasteiger partial charge in [0.25, 0.3) is 5.91 Å². The normalized spacial score (nSPS) is 17.8. The lowest BCUT2D eigenvalue weighted by Crippen LogP contribution is -2.57. The molecule has 1 aliphatic rings. The van der Waals surface area contributed by atoms with Crippen molar-refractivity contribution in [3.63, 3.8) is 0 Å². The molecule has 4 nitrogen and oxygen atoms in total. The van der Waals surface area contributed by atoms with E-state index < -0.39 is 30.5 Å². The van der Waals surface area contributed by atoms with Gasteiger partial charge in [0.1, 0.15) is 11.9 Å². The second-order valence-electron chi connectivity index (χ2n) is 5.21. The molecule has 128 valence electrons. The Bertz CT molecular complexity index is 541. The predicted octanol–water partition coefficient (Wildman–Crippen LogP) is 2.04. The molecule has 1 heterocycles. The highest BCUT2D eigenvalue weighted by molar-refractivity contribution is 6.31. The number of piperazine rings is 1. The Morgan fingerprint density at radius 3 is 2.52 bits per heavy atom. The van der Waals surface area contributed by atoms with E-state index in [1.165, 1.54) is 11.0 Å². The molecule has 0 bridgehead atoms. The van der Waals surface area contributed by atoms with E-state index in [2.05, 4.69) is 10.6 Å². The van der Waals surface area contributed by atoms with Crippen molar-refractivity contribution in [3.8, 4) is 0 Å². The molecule has 0 aliphatic carbocycles. The zero-order chi connectivity index (χ0) is 17.0. The fraction of sp³-hybridized carbons (Fsp3) is 0.500. The molecule has 1 amide bonds. The topological polar surface area (TPSA) is 44.4 Å². The standard InChI is InChI=1S/C14H16ClF4N3O/c15-10-5-9(6-11(16)7-10)13(23)21-8-12(14(17,18)19)22-3-1-20-2-4-22/h5-7,12,20H,1-4,8H2,(H,21,23). The highest BCUT2D eigenvalue weighted by Crippen LogP contribution is 2.25. The summed E-state index contributed by atoms with van der Waals surface area (Å²) in [5.41, 5.74) is -0.115. The van der Waals surface area contributed by atoms with Gasteiger partial charge in [0, 0.05) is 43.3 Å². The monoisotopic (exact) mass is 353 g/mol. The van der Waals surface area contributed by atoms with Crippen molar-refractivity contribution in [2.24, 2.45) is 0 Å². The summed E-state index contributed by atoms with van der Waals surface area (Å²) in [7, 11) is 0. The van der Waals surface area contributed by atoms with Crippen molar-refractivity contribution in [2.45, 2.75) is 12.2 Å². The largest absolute Gasteiger partial charge is 0.405 e. The molecular weight excluding hydrogens is 338 g/mol. The van der Waals surface area contributed by atoms with Crippen molar-refractivity contribution in [2.75, 3.05) is 32.7 Å². The molecule has 0 radical (unpaired) electrons. The van der Waals surface area contributed by atoms with Gasteiger partial charge >= 0.3 is 6.18 Å². The van der Waals surface area contributed by atoms with Crippen molar-refractivity contribution >= 4 is 17.5 Å². The molecule has 23 heavy (non-hydrogen) atoms. The Morgan fingerprint density at radius 2 is 1.96 bits per heavy atom. The molecule has 1 saturated heterocycles. The van der Waals surface area contributed by atoms with E-state index in [-0.39, 0.29) is 23.7 Å².